The third-order valence-corrected chi connectivity index (χ3v) is 6.24. The Morgan fingerprint density at radius 1 is 1.00 bits per heavy atom. The van der Waals surface area contributed by atoms with E-state index >= 15 is 0 Å². The van der Waals surface area contributed by atoms with Gasteiger partial charge in [0, 0.05) is 20.9 Å². The van der Waals surface area contributed by atoms with Gasteiger partial charge in [-0.05, 0) is 55.8 Å². The van der Waals surface area contributed by atoms with Gasteiger partial charge in [-0.1, -0.05) is 47.7 Å². The van der Waals surface area contributed by atoms with Gasteiger partial charge >= 0.3 is 0 Å². The van der Waals surface area contributed by atoms with Crippen LogP contribution in [0.15, 0.2) is 81.3 Å². The fraction of sp³-hybridized carbons (Fsp3) is 0.120. The second kappa shape index (κ2) is 9.30. The Kier molecular flexibility index (Phi) is 6.28. The Morgan fingerprint density at radius 3 is 2.36 bits per heavy atom. The number of aromatic carboxylic acids is 1. The number of carboxylic acids is 1. The summed E-state index contributed by atoms with van der Waals surface area (Å²) >= 11 is 1.63. The molecule has 3 aromatic carbocycles. The number of amides is 1. The molecule has 0 aliphatic carbocycles. The monoisotopic (exact) mass is 458 g/mol. The highest BCUT2D eigenvalue weighted by atomic mass is 32.2. The molecular weight excluding hydrogens is 438 g/mol. The summed E-state index contributed by atoms with van der Waals surface area (Å²) in [7, 11) is 0. The van der Waals surface area contributed by atoms with Crippen LogP contribution >= 0.6 is 11.8 Å². The maximum atomic E-state index is 12.7. The minimum Gasteiger partial charge on any atom is -0.543 e. The topological polar surface area (TPSA) is 104 Å². The first kappa shape index (κ1) is 22.3. The van der Waals surface area contributed by atoms with E-state index in [1.165, 1.54) is 23.3 Å². The number of fused-ring (bicyclic) bond motifs is 1. The molecule has 0 saturated carbocycles. The molecular formula is C25H20N3O4S-. The predicted molar refractivity (Wildman–Crippen MR) is 125 cm³/mol. The summed E-state index contributed by atoms with van der Waals surface area (Å²) in [6.07, 6.45) is 0. The lowest BCUT2D eigenvalue weighted by atomic mass is 10.1. The number of carbonyl (C=O) groups excluding carboxylic acids is 2. The van der Waals surface area contributed by atoms with Crippen LogP contribution in [0.25, 0.3) is 10.8 Å². The number of nitrogens with zero attached hydrogens (tertiary/aromatic N) is 2. The average Bonchev–Trinajstić information content (AvgIpc) is 2.78. The van der Waals surface area contributed by atoms with Gasteiger partial charge < -0.3 is 15.2 Å². The normalized spacial score (nSPS) is 10.8. The number of benzene rings is 3. The Labute approximate surface area is 194 Å². The summed E-state index contributed by atoms with van der Waals surface area (Å²) in [5.74, 6) is -2.02. The van der Waals surface area contributed by atoms with Crippen LogP contribution in [-0.4, -0.2) is 21.7 Å². The summed E-state index contributed by atoms with van der Waals surface area (Å²) in [6.45, 7) is 3.70. The van der Waals surface area contributed by atoms with Crippen LogP contribution < -0.4 is 16.0 Å². The number of aryl methyl sites for hydroxylation is 2. The van der Waals surface area contributed by atoms with E-state index in [0.717, 1.165) is 14.5 Å². The van der Waals surface area contributed by atoms with Crippen molar-refractivity contribution in [3.8, 4) is 0 Å². The van der Waals surface area contributed by atoms with Gasteiger partial charge in [-0.25, -0.2) is 4.68 Å². The van der Waals surface area contributed by atoms with Gasteiger partial charge in [-0.3, -0.25) is 9.59 Å². The first-order valence-electron chi connectivity index (χ1n) is 10.2. The fourth-order valence-corrected chi connectivity index (χ4v) is 4.36. The highest BCUT2D eigenvalue weighted by Crippen LogP contribution is 2.31. The van der Waals surface area contributed by atoms with Gasteiger partial charge in [0.2, 0.25) is 5.91 Å². The zero-order valence-corrected chi connectivity index (χ0v) is 18.8. The fourth-order valence-electron chi connectivity index (χ4n) is 3.48. The summed E-state index contributed by atoms with van der Waals surface area (Å²) in [5.41, 5.74) is 2.03. The standard InChI is InChI=1S/C25H21N3O4S/c1-15-7-12-21(16(2)13-15)33-18-10-8-17(9-11-18)26-22(29)14-28-24(30)20-6-4-3-5-19(20)23(27-28)25(31)32/h3-13H,14H2,1-2H3,(H,26,29)(H,31,32)/p-1. The second-order valence-corrected chi connectivity index (χ2v) is 8.70. The number of aromatic nitrogens is 2. The molecule has 4 rings (SSSR count). The van der Waals surface area contributed by atoms with Crippen molar-refractivity contribution < 1.29 is 14.7 Å². The minimum atomic E-state index is -1.52. The van der Waals surface area contributed by atoms with E-state index in [0.29, 0.717) is 5.69 Å². The van der Waals surface area contributed by atoms with Crippen molar-refractivity contribution in [1.29, 1.82) is 0 Å². The molecule has 0 atom stereocenters. The van der Waals surface area contributed by atoms with E-state index in [-0.39, 0.29) is 16.5 Å². The molecule has 1 amide bonds. The molecule has 0 fully saturated rings. The molecule has 1 N–H and O–H groups in total. The first-order chi connectivity index (χ1) is 15.8. The van der Waals surface area contributed by atoms with Crippen LogP contribution in [0.3, 0.4) is 0 Å². The molecule has 0 radical (unpaired) electrons. The quantitative estimate of drug-likeness (QED) is 0.476. The number of carbonyl (C=O) groups is 2. The van der Waals surface area contributed by atoms with Gasteiger partial charge in [0.15, 0.2) is 0 Å². The lowest BCUT2D eigenvalue weighted by Crippen LogP contribution is -2.34. The minimum absolute atomic E-state index is 0.160. The summed E-state index contributed by atoms with van der Waals surface area (Å²) in [5, 5.41) is 18.3. The van der Waals surface area contributed by atoms with Crippen molar-refractivity contribution in [2.45, 2.75) is 30.2 Å². The van der Waals surface area contributed by atoms with Crippen LogP contribution in [0.2, 0.25) is 0 Å². The molecule has 0 bridgehead atoms. The SMILES string of the molecule is Cc1ccc(Sc2ccc(NC(=O)Cn3nc(C(=O)[O-])c4ccccc4c3=O)cc2)c(C)c1. The number of rotatable bonds is 6. The zero-order valence-electron chi connectivity index (χ0n) is 18.0. The summed E-state index contributed by atoms with van der Waals surface area (Å²) in [4.78, 5) is 38.8. The lowest BCUT2D eigenvalue weighted by molar-refractivity contribution is -0.255. The van der Waals surface area contributed by atoms with Crippen molar-refractivity contribution in [2.24, 2.45) is 0 Å². The smallest absolute Gasteiger partial charge is 0.275 e. The van der Waals surface area contributed by atoms with Crippen molar-refractivity contribution in [3.05, 3.63) is 93.9 Å². The molecule has 8 heteroatoms. The van der Waals surface area contributed by atoms with E-state index in [4.69, 9.17) is 0 Å². The molecule has 166 valence electrons. The van der Waals surface area contributed by atoms with Crippen LogP contribution in [0.4, 0.5) is 5.69 Å². The Bertz CT molecular complexity index is 1430. The lowest BCUT2D eigenvalue weighted by Gasteiger charge is -2.12. The maximum absolute atomic E-state index is 12.7. The molecule has 0 aliphatic heterocycles. The average molecular weight is 459 g/mol. The van der Waals surface area contributed by atoms with Crippen molar-refractivity contribution >= 4 is 40.1 Å². The number of hydrogen-bond acceptors (Lipinski definition) is 6. The number of hydrogen-bond donors (Lipinski definition) is 1. The Hall–Kier alpha value is -3.91. The predicted octanol–water partition coefficient (Wildman–Crippen LogP) is 3.17. The summed E-state index contributed by atoms with van der Waals surface area (Å²) in [6, 6.07) is 19.8. The highest BCUT2D eigenvalue weighted by Gasteiger charge is 2.14. The molecule has 33 heavy (non-hydrogen) atoms. The molecule has 0 unspecified atom stereocenters. The van der Waals surface area contributed by atoms with E-state index in [2.05, 4.69) is 42.5 Å². The largest absolute Gasteiger partial charge is 0.543 e. The zero-order chi connectivity index (χ0) is 23.5. The maximum Gasteiger partial charge on any atom is 0.275 e. The van der Waals surface area contributed by atoms with Crippen molar-refractivity contribution in [2.75, 3.05) is 5.32 Å². The van der Waals surface area contributed by atoms with Gasteiger partial charge in [0.1, 0.15) is 12.2 Å². The molecule has 1 heterocycles. The van der Waals surface area contributed by atoms with Gasteiger partial charge in [0.25, 0.3) is 5.56 Å². The van der Waals surface area contributed by atoms with E-state index < -0.39 is 24.0 Å². The molecule has 0 aliphatic rings. The molecule has 1 aromatic heterocycles. The highest BCUT2D eigenvalue weighted by molar-refractivity contribution is 7.99. The van der Waals surface area contributed by atoms with Crippen LogP contribution in [0.5, 0.6) is 0 Å². The van der Waals surface area contributed by atoms with E-state index in [1.807, 2.05) is 12.1 Å². The third kappa shape index (κ3) is 4.96. The van der Waals surface area contributed by atoms with Gasteiger partial charge in [-0.15, -0.1) is 0 Å². The van der Waals surface area contributed by atoms with E-state index in [1.54, 1.807) is 36.0 Å². The molecule has 0 spiro atoms. The van der Waals surface area contributed by atoms with Crippen molar-refractivity contribution in [1.82, 2.24) is 9.78 Å². The first-order valence-corrected chi connectivity index (χ1v) is 11.0. The Morgan fingerprint density at radius 2 is 1.70 bits per heavy atom. The van der Waals surface area contributed by atoms with Crippen LogP contribution in [0, 0.1) is 13.8 Å². The number of nitrogens with one attached hydrogen (secondary N) is 1. The van der Waals surface area contributed by atoms with Crippen LogP contribution in [0.1, 0.15) is 21.6 Å². The third-order valence-electron chi connectivity index (χ3n) is 5.05. The van der Waals surface area contributed by atoms with Crippen molar-refractivity contribution in [3.63, 3.8) is 0 Å². The van der Waals surface area contributed by atoms with Crippen LogP contribution in [-0.2, 0) is 11.3 Å². The summed E-state index contributed by atoms with van der Waals surface area (Å²) < 4.78 is 0.840. The Balaban J connectivity index is 1.49. The molecule has 0 saturated heterocycles. The molecule has 7 nitrogen and oxygen atoms in total. The number of carboxylic acid groups (broad SMARTS) is 1. The molecule has 4 aromatic rings. The second-order valence-electron chi connectivity index (χ2n) is 7.59. The van der Waals surface area contributed by atoms with Gasteiger partial charge in [-0.2, -0.15) is 5.10 Å². The number of anilines is 1. The van der Waals surface area contributed by atoms with Gasteiger partial charge in [0.05, 0.1) is 11.4 Å². The van der Waals surface area contributed by atoms with E-state index in [9.17, 15) is 19.5 Å².